The third-order valence-electron chi connectivity index (χ3n) is 5.38. The molecule has 0 saturated heterocycles. The van der Waals surface area contributed by atoms with Gasteiger partial charge in [0, 0.05) is 21.8 Å². The molecule has 0 radical (unpaired) electrons. The zero-order valence-corrected chi connectivity index (χ0v) is 15.6. The standard InChI is InChI=1S/C25H20N2O/c1-28-18-12-9-16(10-13-18)15-21-19-6-2-3-8-23(19)27-25-20(21)14-11-17-5-4-7-22(26)24(17)25/h2-14H,15,26H2,1H3. The van der Waals surface area contributed by atoms with Crippen molar-refractivity contribution in [3.63, 3.8) is 0 Å². The molecular weight excluding hydrogens is 344 g/mol. The van der Waals surface area contributed by atoms with E-state index in [0.717, 1.165) is 45.0 Å². The predicted octanol–water partition coefficient (Wildman–Crippen LogP) is 5.72. The summed E-state index contributed by atoms with van der Waals surface area (Å²) in [5.74, 6) is 0.868. The second kappa shape index (κ2) is 6.54. The lowest BCUT2D eigenvalue weighted by atomic mass is 9.94. The normalized spacial score (nSPS) is 11.3. The van der Waals surface area contributed by atoms with Crippen molar-refractivity contribution >= 4 is 38.3 Å². The highest BCUT2D eigenvalue weighted by Gasteiger charge is 2.13. The number of aromatic nitrogens is 1. The Kier molecular flexibility index (Phi) is 3.87. The van der Waals surface area contributed by atoms with Gasteiger partial charge in [0.1, 0.15) is 5.75 Å². The molecule has 0 bridgehead atoms. The fourth-order valence-electron chi connectivity index (χ4n) is 3.98. The van der Waals surface area contributed by atoms with Gasteiger partial charge >= 0.3 is 0 Å². The maximum atomic E-state index is 6.35. The SMILES string of the molecule is COc1ccc(Cc2c3ccccc3nc3c2ccc2cccc(N)c23)cc1. The number of para-hydroxylation sites is 1. The molecule has 0 aliphatic heterocycles. The van der Waals surface area contributed by atoms with Gasteiger partial charge in [0.05, 0.1) is 18.1 Å². The van der Waals surface area contributed by atoms with Crippen molar-refractivity contribution < 1.29 is 4.74 Å². The van der Waals surface area contributed by atoms with Crippen LogP contribution in [0.5, 0.6) is 5.75 Å². The first-order valence-electron chi connectivity index (χ1n) is 9.36. The van der Waals surface area contributed by atoms with Crippen LogP contribution in [0.3, 0.4) is 0 Å². The summed E-state index contributed by atoms with van der Waals surface area (Å²) in [5.41, 5.74) is 11.6. The number of nitrogens with zero attached hydrogens (tertiary/aromatic N) is 1. The molecule has 0 saturated carbocycles. The van der Waals surface area contributed by atoms with Gasteiger partial charge in [-0.05, 0) is 47.2 Å². The fourth-order valence-corrected chi connectivity index (χ4v) is 3.98. The van der Waals surface area contributed by atoms with Gasteiger partial charge in [-0.3, -0.25) is 0 Å². The minimum absolute atomic E-state index is 0.765. The summed E-state index contributed by atoms with van der Waals surface area (Å²) in [6.07, 6.45) is 0.821. The molecule has 0 aliphatic rings. The summed E-state index contributed by atoms with van der Waals surface area (Å²) in [6.45, 7) is 0. The molecule has 1 aromatic heterocycles. The van der Waals surface area contributed by atoms with E-state index in [0.29, 0.717) is 0 Å². The number of nitrogens with two attached hydrogens (primary N) is 1. The highest BCUT2D eigenvalue weighted by molar-refractivity contribution is 6.14. The summed E-state index contributed by atoms with van der Waals surface area (Å²) in [6, 6.07) is 26.9. The van der Waals surface area contributed by atoms with E-state index in [9.17, 15) is 0 Å². The van der Waals surface area contributed by atoms with Crippen LogP contribution in [0.15, 0.2) is 78.9 Å². The molecular formula is C25H20N2O. The summed E-state index contributed by atoms with van der Waals surface area (Å²) in [5, 5.41) is 4.48. The molecule has 0 amide bonds. The number of fused-ring (bicyclic) bond motifs is 4. The highest BCUT2D eigenvalue weighted by Crippen LogP contribution is 2.34. The number of hydrogen-bond donors (Lipinski definition) is 1. The van der Waals surface area contributed by atoms with Crippen molar-refractivity contribution in [3.8, 4) is 5.75 Å². The molecule has 136 valence electrons. The van der Waals surface area contributed by atoms with Crippen molar-refractivity contribution in [3.05, 3.63) is 90.0 Å². The van der Waals surface area contributed by atoms with E-state index in [1.807, 2.05) is 30.3 Å². The summed E-state index contributed by atoms with van der Waals surface area (Å²) in [4.78, 5) is 5.00. The molecule has 0 fully saturated rings. The summed E-state index contributed by atoms with van der Waals surface area (Å²) >= 11 is 0. The van der Waals surface area contributed by atoms with Crippen LogP contribution in [-0.2, 0) is 6.42 Å². The van der Waals surface area contributed by atoms with E-state index >= 15 is 0 Å². The molecule has 0 unspecified atom stereocenters. The van der Waals surface area contributed by atoms with Crippen molar-refractivity contribution in [1.82, 2.24) is 4.98 Å². The molecule has 28 heavy (non-hydrogen) atoms. The van der Waals surface area contributed by atoms with E-state index in [2.05, 4.69) is 48.5 Å². The Labute approximate surface area is 163 Å². The van der Waals surface area contributed by atoms with Crippen molar-refractivity contribution in [2.24, 2.45) is 0 Å². The lowest BCUT2D eigenvalue weighted by molar-refractivity contribution is 0.414. The quantitative estimate of drug-likeness (QED) is 0.253. The van der Waals surface area contributed by atoms with Gasteiger partial charge in [-0.25, -0.2) is 4.98 Å². The summed E-state index contributed by atoms with van der Waals surface area (Å²) in [7, 11) is 1.69. The Morgan fingerprint density at radius 3 is 2.46 bits per heavy atom. The number of benzene rings is 4. The topological polar surface area (TPSA) is 48.1 Å². The number of rotatable bonds is 3. The number of nitrogen functional groups attached to an aromatic ring is 1. The Balaban J connectivity index is 1.82. The van der Waals surface area contributed by atoms with Crippen LogP contribution in [0.2, 0.25) is 0 Å². The number of ether oxygens (including phenoxy) is 1. The molecule has 0 spiro atoms. The zero-order chi connectivity index (χ0) is 19.1. The average Bonchev–Trinajstić information content (AvgIpc) is 2.74. The molecule has 0 atom stereocenters. The largest absolute Gasteiger partial charge is 0.497 e. The first kappa shape index (κ1) is 16.6. The van der Waals surface area contributed by atoms with E-state index in [4.69, 9.17) is 15.5 Å². The third kappa shape index (κ3) is 2.64. The van der Waals surface area contributed by atoms with Crippen LogP contribution in [-0.4, -0.2) is 12.1 Å². The zero-order valence-electron chi connectivity index (χ0n) is 15.6. The van der Waals surface area contributed by atoms with Gasteiger partial charge in [-0.15, -0.1) is 0 Å². The minimum atomic E-state index is 0.765. The fraction of sp³-hybridized carbons (Fsp3) is 0.0800. The van der Waals surface area contributed by atoms with E-state index < -0.39 is 0 Å². The van der Waals surface area contributed by atoms with E-state index in [1.165, 1.54) is 16.5 Å². The smallest absolute Gasteiger partial charge is 0.118 e. The molecule has 2 N–H and O–H groups in total. The summed E-state index contributed by atoms with van der Waals surface area (Å²) < 4.78 is 5.30. The van der Waals surface area contributed by atoms with Gasteiger partial charge < -0.3 is 10.5 Å². The van der Waals surface area contributed by atoms with Gasteiger partial charge in [0.25, 0.3) is 0 Å². The Morgan fingerprint density at radius 1 is 0.821 bits per heavy atom. The Morgan fingerprint density at radius 2 is 1.64 bits per heavy atom. The number of pyridine rings is 1. The minimum Gasteiger partial charge on any atom is -0.497 e. The van der Waals surface area contributed by atoms with Crippen LogP contribution in [0.1, 0.15) is 11.1 Å². The van der Waals surface area contributed by atoms with Gasteiger partial charge in [-0.1, -0.05) is 54.6 Å². The van der Waals surface area contributed by atoms with E-state index in [1.54, 1.807) is 7.11 Å². The monoisotopic (exact) mass is 364 g/mol. The maximum Gasteiger partial charge on any atom is 0.118 e. The van der Waals surface area contributed by atoms with Crippen molar-refractivity contribution in [1.29, 1.82) is 0 Å². The number of anilines is 1. The second-order valence-corrected chi connectivity index (χ2v) is 7.04. The lowest BCUT2D eigenvalue weighted by Gasteiger charge is -2.14. The lowest BCUT2D eigenvalue weighted by Crippen LogP contribution is -1.97. The Hall–Kier alpha value is -3.59. The van der Waals surface area contributed by atoms with Crippen molar-refractivity contribution in [2.45, 2.75) is 6.42 Å². The molecule has 3 heteroatoms. The van der Waals surface area contributed by atoms with Crippen LogP contribution in [0.25, 0.3) is 32.6 Å². The molecule has 5 aromatic rings. The molecule has 1 heterocycles. The second-order valence-electron chi connectivity index (χ2n) is 7.04. The molecule has 0 aliphatic carbocycles. The van der Waals surface area contributed by atoms with Crippen LogP contribution < -0.4 is 10.5 Å². The first-order chi connectivity index (χ1) is 13.7. The van der Waals surface area contributed by atoms with Gasteiger partial charge in [0.15, 0.2) is 0 Å². The van der Waals surface area contributed by atoms with Crippen LogP contribution >= 0.6 is 0 Å². The molecule has 4 aromatic carbocycles. The number of methoxy groups -OCH3 is 1. The van der Waals surface area contributed by atoms with Gasteiger partial charge in [0.2, 0.25) is 0 Å². The number of hydrogen-bond acceptors (Lipinski definition) is 3. The molecule has 3 nitrogen and oxygen atoms in total. The average molecular weight is 364 g/mol. The van der Waals surface area contributed by atoms with Gasteiger partial charge in [-0.2, -0.15) is 0 Å². The molecule has 5 rings (SSSR count). The Bertz CT molecular complexity index is 1320. The first-order valence-corrected chi connectivity index (χ1v) is 9.36. The third-order valence-corrected chi connectivity index (χ3v) is 5.38. The van der Waals surface area contributed by atoms with Crippen molar-refractivity contribution in [2.75, 3.05) is 12.8 Å². The highest BCUT2D eigenvalue weighted by atomic mass is 16.5. The van der Waals surface area contributed by atoms with E-state index in [-0.39, 0.29) is 0 Å². The van der Waals surface area contributed by atoms with Crippen LogP contribution in [0.4, 0.5) is 5.69 Å². The van der Waals surface area contributed by atoms with Crippen LogP contribution in [0, 0.1) is 0 Å². The maximum absolute atomic E-state index is 6.35. The predicted molar refractivity (Wildman–Crippen MR) is 117 cm³/mol.